The number of quaternary nitrogens is 1. The van der Waals surface area contributed by atoms with Crippen molar-refractivity contribution >= 4 is 19.7 Å². The molecule has 0 bridgehead atoms. The van der Waals surface area contributed by atoms with Crippen LogP contribution in [-0.4, -0.2) is 74.3 Å². The lowest BCUT2D eigenvalue weighted by Crippen LogP contribution is -2.47. The molecule has 9 nitrogen and oxygen atoms in total. The molecule has 0 aromatic rings. The van der Waals surface area contributed by atoms with Gasteiger partial charge in [-0.3, -0.25) is 18.6 Å². The van der Waals surface area contributed by atoms with E-state index in [1.165, 1.54) is 109 Å². The number of nitrogens with one attached hydrogen (secondary N) is 1. The molecular formula is C58H108N2O7P+. The summed E-state index contributed by atoms with van der Waals surface area (Å²) in [6, 6.07) is -0.856. The first kappa shape index (κ1) is 65.7. The number of nitrogens with zero attached hydrogens (tertiary/aromatic N) is 1. The Bertz CT molecular complexity index is 1350. The van der Waals surface area contributed by atoms with Crippen LogP contribution < -0.4 is 5.32 Å². The number of allylic oxidation sites excluding steroid dienone is 9. The number of carbonyl (C=O) groups is 2. The van der Waals surface area contributed by atoms with Gasteiger partial charge in [0, 0.05) is 12.8 Å². The number of hydrogen-bond acceptors (Lipinski definition) is 6. The fraction of sp³-hybridized carbons (Fsp3) is 0.793. The third-order valence-corrected chi connectivity index (χ3v) is 13.2. The van der Waals surface area contributed by atoms with E-state index in [0.29, 0.717) is 17.4 Å². The number of phosphoric acid groups is 1. The predicted octanol–water partition coefficient (Wildman–Crippen LogP) is 16.7. The second kappa shape index (κ2) is 48.3. The van der Waals surface area contributed by atoms with Crippen molar-refractivity contribution in [3.05, 3.63) is 60.8 Å². The van der Waals surface area contributed by atoms with Crippen LogP contribution in [0.1, 0.15) is 245 Å². The van der Waals surface area contributed by atoms with E-state index in [0.717, 1.165) is 103 Å². The number of unbranched alkanes of at least 4 members (excludes halogenated alkanes) is 26. The molecule has 0 saturated heterocycles. The molecule has 3 atom stereocenters. The molecule has 396 valence electrons. The van der Waals surface area contributed by atoms with Crippen LogP contribution in [0.3, 0.4) is 0 Å². The summed E-state index contributed by atoms with van der Waals surface area (Å²) in [4.78, 5) is 37.5. The molecule has 0 heterocycles. The fourth-order valence-corrected chi connectivity index (χ4v) is 8.57. The molecule has 0 rings (SSSR count). The average molecular weight is 976 g/mol. The van der Waals surface area contributed by atoms with Crippen molar-refractivity contribution in [2.75, 3.05) is 40.9 Å². The maximum absolute atomic E-state index is 13.5. The van der Waals surface area contributed by atoms with Gasteiger partial charge in [-0.05, 0) is 89.5 Å². The first-order valence-electron chi connectivity index (χ1n) is 28.1. The third kappa shape index (κ3) is 48.7. The van der Waals surface area contributed by atoms with E-state index in [-0.39, 0.29) is 31.5 Å². The highest BCUT2D eigenvalue weighted by atomic mass is 31.2. The summed E-state index contributed by atoms with van der Waals surface area (Å²) in [6.07, 6.45) is 59.2. The number of rotatable bonds is 50. The van der Waals surface area contributed by atoms with Crippen LogP contribution in [0.2, 0.25) is 0 Å². The Morgan fingerprint density at radius 2 is 0.941 bits per heavy atom. The summed E-state index contributed by atoms with van der Waals surface area (Å²) in [5.41, 5.74) is 0. The van der Waals surface area contributed by atoms with Gasteiger partial charge in [-0.2, -0.15) is 0 Å². The molecule has 3 unspecified atom stereocenters. The standard InChI is InChI=1S/C58H107N2O7P/c1-7-10-13-16-19-22-25-27-29-31-32-35-38-41-44-47-50-57(61)59-55(54-66-68(63,64)65-53-52-60(4,5)6)56(49-46-43-40-37-34-24-21-18-15-12-9-3)67-58(62)51-48-45-42-39-36-33-30-28-26-23-20-17-14-11-8-2/h10,13,19,22-23,26-27,29,46,49,55-56H,7-9,11-12,14-18,20-21,24-25,28,30-45,47-48,50-54H2,1-6H3,(H-,59,61,63,64)/p+1/b13-10+,22-19+,26-23-,29-27+,49-46+. The number of hydrogen-bond donors (Lipinski definition) is 2. The van der Waals surface area contributed by atoms with Gasteiger partial charge in [0.05, 0.1) is 33.8 Å². The van der Waals surface area contributed by atoms with Gasteiger partial charge in [-0.15, -0.1) is 0 Å². The highest BCUT2D eigenvalue weighted by Crippen LogP contribution is 2.43. The maximum Gasteiger partial charge on any atom is 0.472 e. The summed E-state index contributed by atoms with van der Waals surface area (Å²) >= 11 is 0. The zero-order valence-corrected chi connectivity index (χ0v) is 46.0. The number of amides is 1. The summed E-state index contributed by atoms with van der Waals surface area (Å²) in [5.74, 6) is -0.526. The summed E-state index contributed by atoms with van der Waals surface area (Å²) in [6.45, 7) is 6.86. The van der Waals surface area contributed by atoms with E-state index in [2.05, 4.69) is 74.7 Å². The normalized spacial score (nSPS) is 14.3. The smallest absolute Gasteiger partial charge is 0.456 e. The van der Waals surface area contributed by atoms with Gasteiger partial charge in [-0.1, -0.05) is 204 Å². The lowest BCUT2D eigenvalue weighted by atomic mass is 10.1. The molecule has 0 aliphatic carbocycles. The van der Waals surface area contributed by atoms with Crippen molar-refractivity contribution in [1.82, 2.24) is 5.32 Å². The Hall–Kier alpha value is -2.29. The fourth-order valence-electron chi connectivity index (χ4n) is 7.83. The predicted molar refractivity (Wildman–Crippen MR) is 291 cm³/mol. The van der Waals surface area contributed by atoms with Gasteiger partial charge in [0.15, 0.2) is 0 Å². The van der Waals surface area contributed by atoms with Crippen LogP contribution in [0.15, 0.2) is 60.8 Å². The van der Waals surface area contributed by atoms with Gasteiger partial charge in [0.2, 0.25) is 5.91 Å². The van der Waals surface area contributed by atoms with Crippen LogP contribution in [0.25, 0.3) is 0 Å². The van der Waals surface area contributed by atoms with Gasteiger partial charge < -0.3 is 19.4 Å². The van der Waals surface area contributed by atoms with E-state index in [1.54, 1.807) is 0 Å². The van der Waals surface area contributed by atoms with Crippen molar-refractivity contribution in [3.8, 4) is 0 Å². The summed E-state index contributed by atoms with van der Waals surface area (Å²) in [7, 11) is 1.48. The molecule has 0 fully saturated rings. The van der Waals surface area contributed by atoms with E-state index in [1.807, 2.05) is 33.3 Å². The zero-order chi connectivity index (χ0) is 50.1. The van der Waals surface area contributed by atoms with Crippen molar-refractivity contribution in [1.29, 1.82) is 0 Å². The minimum absolute atomic E-state index is 0.0354. The minimum atomic E-state index is -4.45. The quantitative estimate of drug-likeness (QED) is 0.0205. The molecule has 0 aromatic carbocycles. The summed E-state index contributed by atoms with van der Waals surface area (Å²) in [5, 5.41) is 3.04. The highest BCUT2D eigenvalue weighted by Gasteiger charge is 2.30. The Balaban J connectivity index is 5.36. The molecule has 0 spiro atoms. The second-order valence-corrected chi connectivity index (χ2v) is 21.5. The Morgan fingerprint density at radius 1 is 0.529 bits per heavy atom. The lowest BCUT2D eigenvalue weighted by molar-refractivity contribution is -0.870. The van der Waals surface area contributed by atoms with Crippen molar-refractivity contribution < 1.29 is 37.3 Å². The first-order chi connectivity index (χ1) is 32.9. The zero-order valence-electron chi connectivity index (χ0n) is 45.1. The van der Waals surface area contributed by atoms with Gasteiger partial charge in [0.25, 0.3) is 0 Å². The van der Waals surface area contributed by atoms with Crippen molar-refractivity contribution in [2.24, 2.45) is 0 Å². The van der Waals surface area contributed by atoms with E-state index < -0.39 is 20.0 Å². The van der Waals surface area contributed by atoms with Crippen LogP contribution >= 0.6 is 7.82 Å². The Morgan fingerprint density at radius 3 is 1.44 bits per heavy atom. The minimum Gasteiger partial charge on any atom is -0.456 e. The number of phosphoric ester groups is 1. The monoisotopic (exact) mass is 976 g/mol. The van der Waals surface area contributed by atoms with Gasteiger partial charge in [-0.25, -0.2) is 4.57 Å². The molecule has 1 amide bonds. The number of carbonyl (C=O) groups excluding carboxylic acids is 2. The molecule has 0 aromatic heterocycles. The number of esters is 1. The van der Waals surface area contributed by atoms with Gasteiger partial charge >= 0.3 is 13.8 Å². The SMILES string of the molecule is CC/C=C/C/C=C/C/C=C/CCCCCCCCC(=O)NC(COP(=O)(O)OCC[N+](C)(C)C)C(/C=C/CCCCCCCCCCC)OC(=O)CCCCCCCCC/C=C\CCCCCC. The van der Waals surface area contributed by atoms with Crippen molar-refractivity contribution in [3.63, 3.8) is 0 Å². The topological polar surface area (TPSA) is 111 Å². The second-order valence-electron chi connectivity index (χ2n) is 20.1. The molecule has 68 heavy (non-hydrogen) atoms. The Kier molecular flexibility index (Phi) is 46.7. The van der Waals surface area contributed by atoms with Crippen LogP contribution in [-0.2, 0) is 27.9 Å². The molecule has 0 radical (unpaired) electrons. The van der Waals surface area contributed by atoms with Crippen molar-refractivity contribution in [2.45, 2.75) is 258 Å². The largest absolute Gasteiger partial charge is 0.472 e. The highest BCUT2D eigenvalue weighted by molar-refractivity contribution is 7.47. The van der Waals surface area contributed by atoms with Crippen LogP contribution in [0, 0.1) is 0 Å². The van der Waals surface area contributed by atoms with Gasteiger partial charge in [0.1, 0.15) is 19.3 Å². The molecule has 0 aliphatic heterocycles. The maximum atomic E-state index is 13.5. The number of likely N-dealkylation sites (N-methyl/N-ethyl adjacent to an activating group) is 1. The third-order valence-electron chi connectivity index (χ3n) is 12.2. The number of ether oxygens (including phenoxy) is 1. The molecule has 2 N–H and O–H groups in total. The lowest BCUT2D eigenvalue weighted by Gasteiger charge is -2.27. The molecule has 0 aliphatic rings. The summed E-state index contributed by atoms with van der Waals surface area (Å²) < 4.78 is 30.6. The van der Waals surface area contributed by atoms with Crippen LogP contribution in [0.4, 0.5) is 0 Å². The molecule has 10 heteroatoms. The first-order valence-corrected chi connectivity index (χ1v) is 29.6. The van der Waals surface area contributed by atoms with E-state index in [4.69, 9.17) is 13.8 Å². The average Bonchev–Trinajstić information content (AvgIpc) is 3.29. The van der Waals surface area contributed by atoms with Crippen LogP contribution in [0.5, 0.6) is 0 Å². The molecular weight excluding hydrogens is 868 g/mol. The molecule has 0 saturated carbocycles. The van der Waals surface area contributed by atoms with E-state index >= 15 is 0 Å². The van der Waals surface area contributed by atoms with E-state index in [9.17, 15) is 19.0 Å². The Labute approximate surface area is 420 Å².